The van der Waals surface area contributed by atoms with E-state index in [0.29, 0.717) is 12.8 Å². The summed E-state index contributed by atoms with van der Waals surface area (Å²) in [6, 6.07) is 9.66. The van der Waals surface area contributed by atoms with Gasteiger partial charge in [0.1, 0.15) is 12.1 Å². The van der Waals surface area contributed by atoms with Crippen LogP contribution in [0.25, 0.3) is 10.8 Å². The highest BCUT2D eigenvalue weighted by molar-refractivity contribution is 6.11. The molecule has 1 heterocycles. The number of amides is 4. The lowest BCUT2D eigenvalue weighted by Gasteiger charge is -2.30. The molecule has 2 aliphatic carbocycles. The molecule has 1 saturated carbocycles. The van der Waals surface area contributed by atoms with Crippen molar-refractivity contribution >= 4 is 34.3 Å². The zero-order valence-electron chi connectivity index (χ0n) is 15.7. The minimum absolute atomic E-state index is 0.255. The van der Waals surface area contributed by atoms with Crippen LogP contribution in [0, 0.1) is 0 Å². The van der Waals surface area contributed by atoms with Crippen LogP contribution in [0.3, 0.4) is 0 Å². The van der Waals surface area contributed by atoms with Crippen LogP contribution in [0.2, 0.25) is 0 Å². The Hall–Kier alpha value is -2.89. The van der Waals surface area contributed by atoms with Gasteiger partial charge in [-0.2, -0.15) is 0 Å². The predicted molar refractivity (Wildman–Crippen MR) is 106 cm³/mol. The molecule has 0 atom stereocenters. The molecule has 6 heteroatoms. The van der Waals surface area contributed by atoms with Crippen molar-refractivity contribution in [3.63, 3.8) is 0 Å². The van der Waals surface area contributed by atoms with E-state index >= 15 is 0 Å². The van der Waals surface area contributed by atoms with Crippen molar-refractivity contribution in [2.45, 2.75) is 50.5 Å². The number of hydrogen-bond donors (Lipinski definition) is 2. The van der Waals surface area contributed by atoms with Gasteiger partial charge in [-0.05, 0) is 48.3 Å². The van der Waals surface area contributed by atoms with Crippen LogP contribution in [-0.2, 0) is 22.4 Å². The van der Waals surface area contributed by atoms with Crippen LogP contribution in [0.15, 0.2) is 30.3 Å². The van der Waals surface area contributed by atoms with Crippen LogP contribution in [-0.4, -0.2) is 34.8 Å². The van der Waals surface area contributed by atoms with Gasteiger partial charge in [-0.25, -0.2) is 4.79 Å². The van der Waals surface area contributed by atoms with Gasteiger partial charge in [0.2, 0.25) is 5.91 Å². The second-order valence-corrected chi connectivity index (χ2v) is 8.12. The molecule has 0 radical (unpaired) electrons. The third-order valence-electron chi connectivity index (χ3n) is 6.41. The van der Waals surface area contributed by atoms with Crippen LogP contribution in [0.1, 0.15) is 43.2 Å². The van der Waals surface area contributed by atoms with Crippen LogP contribution in [0.5, 0.6) is 0 Å². The van der Waals surface area contributed by atoms with Gasteiger partial charge in [0.25, 0.3) is 5.91 Å². The SMILES string of the molecule is O=C(CN1C(=O)NC2(CCCCC2)C1=O)Nc1ccc2c3c(cccc13)CC2. The maximum Gasteiger partial charge on any atom is 0.325 e. The molecule has 6 nitrogen and oxygen atoms in total. The molecule has 1 spiro atoms. The van der Waals surface area contributed by atoms with Gasteiger partial charge in [0.15, 0.2) is 0 Å². The smallest absolute Gasteiger partial charge is 0.324 e. The zero-order chi connectivity index (χ0) is 19.3. The van der Waals surface area contributed by atoms with E-state index in [0.717, 1.165) is 48.1 Å². The Morgan fingerprint density at radius 3 is 2.57 bits per heavy atom. The number of carbonyl (C=O) groups excluding carboxylic acids is 3. The van der Waals surface area contributed by atoms with Gasteiger partial charge < -0.3 is 10.6 Å². The molecule has 0 bridgehead atoms. The minimum atomic E-state index is -0.794. The number of aryl methyl sites for hydroxylation is 2. The first-order valence-corrected chi connectivity index (χ1v) is 10.0. The van der Waals surface area contributed by atoms with Gasteiger partial charge in [-0.3, -0.25) is 14.5 Å². The zero-order valence-corrected chi connectivity index (χ0v) is 15.7. The first-order chi connectivity index (χ1) is 13.6. The molecule has 2 fully saturated rings. The third kappa shape index (κ3) is 2.58. The summed E-state index contributed by atoms with van der Waals surface area (Å²) >= 11 is 0. The molecule has 0 aromatic heterocycles. The Labute approximate surface area is 163 Å². The number of nitrogens with zero attached hydrogens (tertiary/aromatic N) is 1. The first-order valence-electron chi connectivity index (χ1n) is 10.0. The van der Waals surface area contributed by atoms with Gasteiger partial charge in [-0.1, -0.05) is 43.5 Å². The number of rotatable bonds is 3. The van der Waals surface area contributed by atoms with E-state index in [2.05, 4.69) is 22.8 Å². The second kappa shape index (κ2) is 6.33. The van der Waals surface area contributed by atoms with Crippen LogP contribution < -0.4 is 10.6 Å². The van der Waals surface area contributed by atoms with Crippen molar-refractivity contribution in [1.82, 2.24) is 10.2 Å². The van der Waals surface area contributed by atoms with Gasteiger partial charge in [0.05, 0.1) is 0 Å². The van der Waals surface area contributed by atoms with Crippen LogP contribution in [0.4, 0.5) is 10.5 Å². The van der Waals surface area contributed by atoms with E-state index in [9.17, 15) is 14.4 Å². The molecule has 0 unspecified atom stereocenters. The standard InChI is InChI=1S/C22H23N3O3/c26-18(13-25-20(27)22(24-21(25)28)11-2-1-3-12-22)23-17-10-9-15-8-7-14-5-4-6-16(17)19(14)15/h4-6,9-10H,1-3,7-8,11-13H2,(H,23,26)(H,24,28). The average Bonchev–Trinajstić information content (AvgIpc) is 3.21. The topological polar surface area (TPSA) is 78.5 Å². The van der Waals surface area contributed by atoms with E-state index in [1.54, 1.807) is 0 Å². The van der Waals surface area contributed by atoms with Crippen molar-refractivity contribution < 1.29 is 14.4 Å². The van der Waals surface area contributed by atoms with Crippen LogP contribution >= 0.6 is 0 Å². The Morgan fingerprint density at radius 1 is 1.04 bits per heavy atom. The Balaban J connectivity index is 1.35. The number of benzene rings is 2. The summed E-state index contributed by atoms with van der Waals surface area (Å²) in [6.07, 6.45) is 6.29. The van der Waals surface area contributed by atoms with Gasteiger partial charge in [0, 0.05) is 11.1 Å². The fourth-order valence-electron chi connectivity index (χ4n) is 5.00. The molecule has 144 valence electrons. The largest absolute Gasteiger partial charge is 0.325 e. The Morgan fingerprint density at radius 2 is 1.79 bits per heavy atom. The quantitative estimate of drug-likeness (QED) is 0.807. The summed E-state index contributed by atoms with van der Waals surface area (Å²) in [5, 5.41) is 8.00. The lowest BCUT2D eigenvalue weighted by molar-refractivity contribution is -0.134. The lowest BCUT2D eigenvalue weighted by Crippen LogP contribution is -2.48. The van der Waals surface area contributed by atoms with E-state index in [-0.39, 0.29) is 18.4 Å². The van der Waals surface area contributed by atoms with Gasteiger partial charge in [-0.15, -0.1) is 0 Å². The van der Waals surface area contributed by atoms with Crippen molar-refractivity contribution in [2.24, 2.45) is 0 Å². The van der Waals surface area contributed by atoms with E-state index in [1.165, 1.54) is 16.5 Å². The summed E-state index contributed by atoms with van der Waals surface area (Å²) in [5.74, 6) is -0.609. The molecule has 1 saturated heterocycles. The highest BCUT2D eigenvalue weighted by atomic mass is 16.2. The summed E-state index contributed by atoms with van der Waals surface area (Å²) in [6.45, 7) is -0.255. The normalized spacial score (nSPS) is 20.1. The molecule has 5 rings (SSSR count). The molecule has 1 aliphatic heterocycles. The number of imide groups is 1. The summed E-state index contributed by atoms with van der Waals surface area (Å²) in [4.78, 5) is 39.0. The molecule has 4 amide bonds. The number of hydrogen-bond acceptors (Lipinski definition) is 3. The molecule has 3 aliphatic rings. The maximum atomic E-state index is 12.9. The minimum Gasteiger partial charge on any atom is -0.324 e. The Kier molecular flexibility index (Phi) is 3.89. The molecule has 2 N–H and O–H groups in total. The molecular formula is C22H23N3O3. The molecule has 2 aromatic carbocycles. The second-order valence-electron chi connectivity index (χ2n) is 8.12. The van der Waals surface area contributed by atoms with E-state index < -0.39 is 11.6 Å². The van der Waals surface area contributed by atoms with Crippen molar-refractivity contribution in [3.05, 3.63) is 41.5 Å². The number of anilines is 1. The molecule has 28 heavy (non-hydrogen) atoms. The summed E-state index contributed by atoms with van der Waals surface area (Å²) < 4.78 is 0. The van der Waals surface area contributed by atoms with E-state index in [4.69, 9.17) is 0 Å². The highest BCUT2D eigenvalue weighted by Crippen LogP contribution is 2.36. The Bertz CT molecular complexity index is 997. The first kappa shape index (κ1) is 17.2. The monoisotopic (exact) mass is 377 g/mol. The average molecular weight is 377 g/mol. The highest BCUT2D eigenvalue weighted by Gasteiger charge is 2.51. The van der Waals surface area contributed by atoms with Crippen molar-refractivity contribution in [3.8, 4) is 0 Å². The molecule has 2 aromatic rings. The number of urea groups is 1. The fraction of sp³-hybridized carbons (Fsp3) is 0.409. The number of carbonyl (C=O) groups is 3. The molecular weight excluding hydrogens is 354 g/mol. The van der Waals surface area contributed by atoms with Gasteiger partial charge >= 0.3 is 6.03 Å². The van der Waals surface area contributed by atoms with Crippen molar-refractivity contribution in [1.29, 1.82) is 0 Å². The van der Waals surface area contributed by atoms with Crippen molar-refractivity contribution in [2.75, 3.05) is 11.9 Å². The number of nitrogens with one attached hydrogen (secondary N) is 2. The fourth-order valence-corrected chi connectivity index (χ4v) is 5.00. The van der Waals surface area contributed by atoms with E-state index in [1.807, 2.05) is 18.2 Å². The maximum absolute atomic E-state index is 12.9. The lowest BCUT2D eigenvalue weighted by atomic mass is 9.82. The summed E-state index contributed by atoms with van der Waals surface area (Å²) in [7, 11) is 0. The summed E-state index contributed by atoms with van der Waals surface area (Å²) in [5.41, 5.74) is 2.54. The third-order valence-corrected chi connectivity index (χ3v) is 6.41. The predicted octanol–water partition coefficient (Wildman–Crippen LogP) is 3.13.